The fourth-order valence-electron chi connectivity index (χ4n) is 2.60. The van der Waals surface area contributed by atoms with E-state index in [2.05, 4.69) is 31.2 Å². The number of aromatic nitrogens is 3. The molecule has 3 aromatic heterocycles. The second-order valence-electron chi connectivity index (χ2n) is 5.44. The fourth-order valence-corrected chi connectivity index (χ4v) is 2.95. The molecule has 0 radical (unpaired) electrons. The maximum atomic E-state index is 12.9. The smallest absolute Gasteiger partial charge is 0.248 e. The van der Waals surface area contributed by atoms with Crippen LogP contribution >= 0.6 is 15.9 Å². The van der Waals surface area contributed by atoms with E-state index in [1.54, 1.807) is 6.20 Å². The number of fused-ring (bicyclic) bond motifs is 1. The van der Waals surface area contributed by atoms with Crippen LogP contribution < -0.4 is 5.32 Å². The van der Waals surface area contributed by atoms with Crippen LogP contribution in [0.3, 0.4) is 0 Å². The van der Waals surface area contributed by atoms with Crippen molar-refractivity contribution in [3.63, 3.8) is 0 Å². The normalized spacial score (nSPS) is 12.3. The topological polar surface area (TPSA) is 59.8 Å². The molecule has 0 bridgehead atoms. The molecule has 0 fully saturated rings. The number of anilines is 1. The summed E-state index contributed by atoms with van der Waals surface area (Å²) in [6, 6.07) is 6.19. The first kappa shape index (κ1) is 16.6. The van der Waals surface area contributed by atoms with Crippen molar-refractivity contribution in [2.45, 2.75) is 25.8 Å². The number of nitrogens with one attached hydrogen (secondary N) is 1. The number of pyridine rings is 2. The lowest BCUT2D eigenvalue weighted by atomic mass is 10.1. The third-order valence-corrected chi connectivity index (χ3v) is 4.13. The van der Waals surface area contributed by atoms with E-state index in [0.717, 1.165) is 28.1 Å². The van der Waals surface area contributed by atoms with E-state index in [9.17, 15) is 9.18 Å². The first-order valence-corrected chi connectivity index (χ1v) is 8.42. The summed E-state index contributed by atoms with van der Waals surface area (Å²) in [5.74, 6) is -0.308. The number of halogens is 2. The molecule has 0 saturated heterocycles. The zero-order valence-corrected chi connectivity index (χ0v) is 14.6. The molecule has 7 heteroatoms. The number of amides is 1. The van der Waals surface area contributed by atoms with Crippen LogP contribution in [0.1, 0.15) is 25.8 Å². The number of carbonyl (C=O) groups excluding carboxylic acids is 1. The highest BCUT2D eigenvalue weighted by Crippen LogP contribution is 2.25. The van der Waals surface area contributed by atoms with Gasteiger partial charge in [0.1, 0.15) is 23.3 Å². The van der Waals surface area contributed by atoms with Crippen molar-refractivity contribution in [1.82, 2.24) is 14.5 Å². The molecule has 1 N–H and O–H groups in total. The SMILES string of the molecule is CCCC(C(=O)Nc1ccc(F)cn1)n1ccc2cc(Br)cnc21. The third kappa shape index (κ3) is 3.46. The number of carbonyl (C=O) groups is 1. The minimum absolute atomic E-state index is 0.196. The monoisotopic (exact) mass is 390 g/mol. The van der Waals surface area contributed by atoms with Crippen molar-refractivity contribution in [3.8, 4) is 0 Å². The van der Waals surface area contributed by atoms with Gasteiger partial charge in [0.25, 0.3) is 0 Å². The highest BCUT2D eigenvalue weighted by atomic mass is 79.9. The van der Waals surface area contributed by atoms with Gasteiger partial charge in [-0.15, -0.1) is 0 Å². The quantitative estimate of drug-likeness (QED) is 0.705. The summed E-state index contributed by atoms with van der Waals surface area (Å²) in [5.41, 5.74) is 0.749. The van der Waals surface area contributed by atoms with Crippen LogP contribution in [0.5, 0.6) is 0 Å². The molecule has 0 aromatic carbocycles. The van der Waals surface area contributed by atoms with Gasteiger partial charge in [-0.05, 0) is 46.6 Å². The summed E-state index contributed by atoms with van der Waals surface area (Å²) in [7, 11) is 0. The van der Waals surface area contributed by atoms with E-state index in [-0.39, 0.29) is 5.91 Å². The van der Waals surface area contributed by atoms with Gasteiger partial charge in [0.15, 0.2) is 0 Å². The molecule has 0 saturated carbocycles. The van der Waals surface area contributed by atoms with Crippen molar-refractivity contribution >= 4 is 38.7 Å². The number of nitrogens with zero attached hydrogens (tertiary/aromatic N) is 3. The zero-order valence-electron chi connectivity index (χ0n) is 13.0. The molecule has 5 nitrogen and oxygen atoms in total. The van der Waals surface area contributed by atoms with Gasteiger partial charge < -0.3 is 9.88 Å². The van der Waals surface area contributed by atoms with Gasteiger partial charge in [-0.2, -0.15) is 0 Å². The lowest BCUT2D eigenvalue weighted by Crippen LogP contribution is -2.26. The molecule has 124 valence electrons. The van der Waals surface area contributed by atoms with Gasteiger partial charge in [0, 0.05) is 22.3 Å². The number of hydrogen-bond acceptors (Lipinski definition) is 3. The summed E-state index contributed by atoms with van der Waals surface area (Å²) in [5, 5.41) is 3.70. The summed E-state index contributed by atoms with van der Waals surface area (Å²) >= 11 is 3.40. The summed E-state index contributed by atoms with van der Waals surface area (Å²) in [6.07, 6.45) is 6.15. The predicted octanol–water partition coefficient (Wildman–Crippen LogP) is 4.31. The van der Waals surface area contributed by atoms with E-state index in [1.807, 2.05) is 29.8 Å². The molecule has 0 aliphatic carbocycles. The Bertz CT molecular complexity index is 863. The molecular weight excluding hydrogens is 375 g/mol. The van der Waals surface area contributed by atoms with Gasteiger partial charge in [0.05, 0.1) is 6.20 Å². The Morgan fingerprint density at radius 1 is 1.33 bits per heavy atom. The Kier molecular flexibility index (Phi) is 4.89. The first-order valence-electron chi connectivity index (χ1n) is 7.63. The van der Waals surface area contributed by atoms with Crippen LogP contribution in [-0.4, -0.2) is 20.4 Å². The Morgan fingerprint density at radius 3 is 2.88 bits per heavy atom. The van der Waals surface area contributed by atoms with Gasteiger partial charge in [-0.3, -0.25) is 4.79 Å². The van der Waals surface area contributed by atoms with Crippen molar-refractivity contribution in [3.05, 3.63) is 53.1 Å². The summed E-state index contributed by atoms with van der Waals surface area (Å²) in [4.78, 5) is 21.0. The lowest BCUT2D eigenvalue weighted by molar-refractivity contribution is -0.119. The van der Waals surface area contributed by atoms with Crippen LogP contribution in [0.4, 0.5) is 10.2 Å². The van der Waals surface area contributed by atoms with Crippen LogP contribution in [0.2, 0.25) is 0 Å². The van der Waals surface area contributed by atoms with Crippen LogP contribution in [0.25, 0.3) is 11.0 Å². The largest absolute Gasteiger partial charge is 0.320 e. The molecule has 0 aliphatic heterocycles. The summed E-state index contributed by atoms with van der Waals surface area (Å²) < 4.78 is 15.7. The third-order valence-electron chi connectivity index (χ3n) is 3.70. The zero-order chi connectivity index (χ0) is 17.1. The molecule has 0 spiro atoms. The number of hydrogen-bond donors (Lipinski definition) is 1. The molecule has 3 rings (SSSR count). The van der Waals surface area contributed by atoms with E-state index < -0.39 is 11.9 Å². The average Bonchev–Trinajstić information content (AvgIpc) is 2.97. The van der Waals surface area contributed by atoms with Crippen molar-refractivity contribution in [2.24, 2.45) is 0 Å². The van der Waals surface area contributed by atoms with Crippen molar-refractivity contribution in [1.29, 1.82) is 0 Å². The minimum Gasteiger partial charge on any atom is -0.320 e. The Morgan fingerprint density at radius 2 is 2.17 bits per heavy atom. The Balaban J connectivity index is 1.90. The maximum Gasteiger partial charge on any atom is 0.248 e. The van der Waals surface area contributed by atoms with Crippen LogP contribution in [0, 0.1) is 5.82 Å². The second kappa shape index (κ2) is 7.09. The molecule has 1 atom stereocenters. The fraction of sp³-hybridized carbons (Fsp3) is 0.235. The molecule has 24 heavy (non-hydrogen) atoms. The maximum absolute atomic E-state index is 12.9. The minimum atomic E-state index is -0.440. The van der Waals surface area contributed by atoms with E-state index in [1.165, 1.54) is 12.1 Å². The first-order chi connectivity index (χ1) is 11.6. The van der Waals surface area contributed by atoms with Crippen molar-refractivity contribution in [2.75, 3.05) is 5.32 Å². The predicted molar refractivity (Wildman–Crippen MR) is 94.2 cm³/mol. The van der Waals surface area contributed by atoms with Gasteiger partial charge in [0.2, 0.25) is 5.91 Å². The van der Waals surface area contributed by atoms with Crippen molar-refractivity contribution < 1.29 is 9.18 Å². The average molecular weight is 391 g/mol. The number of rotatable bonds is 5. The van der Waals surface area contributed by atoms with E-state index >= 15 is 0 Å². The second-order valence-corrected chi connectivity index (χ2v) is 6.36. The standard InChI is InChI=1S/C17H16BrFN4O/c1-2-3-14(17(24)22-15-5-4-13(19)10-20-15)23-7-6-11-8-12(18)9-21-16(11)23/h4-10,14H,2-3H2,1H3,(H,20,22,24). The van der Waals surface area contributed by atoms with E-state index in [0.29, 0.717) is 12.2 Å². The van der Waals surface area contributed by atoms with Gasteiger partial charge >= 0.3 is 0 Å². The molecule has 3 heterocycles. The van der Waals surface area contributed by atoms with Gasteiger partial charge in [-0.1, -0.05) is 13.3 Å². The Hall–Kier alpha value is -2.28. The van der Waals surface area contributed by atoms with Crippen LogP contribution in [-0.2, 0) is 4.79 Å². The van der Waals surface area contributed by atoms with Gasteiger partial charge in [-0.25, -0.2) is 14.4 Å². The molecule has 1 amide bonds. The molecule has 1 unspecified atom stereocenters. The highest BCUT2D eigenvalue weighted by molar-refractivity contribution is 9.10. The Labute approximate surface area is 147 Å². The molecule has 0 aliphatic rings. The molecular formula is C17H16BrFN4O. The molecule has 3 aromatic rings. The van der Waals surface area contributed by atoms with E-state index in [4.69, 9.17) is 0 Å². The summed E-state index contributed by atoms with van der Waals surface area (Å²) in [6.45, 7) is 2.02. The van der Waals surface area contributed by atoms with Crippen LogP contribution in [0.15, 0.2) is 47.3 Å². The highest BCUT2D eigenvalue weighted by Gasteiger charge is 2.22. The lowest BCUT2D eigenvalue weighted by Gasteiger charge is -2.18.